The third-order valence-electron chi connectivity index (χ3n) is 3.05. The molecule has 1 rings (SSSR count). The molecule has 0 aliphatic rings. The van der Waals surface area contributed by atoms with Crippen LogP contribution < -0.4 is 0 Å². The van der Waals surface area contributed by atoms with Crippen LogP contribution in [-0.4, -0.2) is 49.6 Å². The van der Waals surface area contributed by atoms with Crippen molar-refractivity contribution in [3.8, 4) is 10.7 Å². The summed E-state index contributed by atoms with van der Waals surface area (Å²) in [6.45, 7) is 0. The van der Waals surface area contributed by atoms with Crippen molar-refractivity contribution in [3.05, 3.63) is 35.9 Å². The van der Waals surface area contributed by atoms with Gasteiger partial charge in [0.05, 0.1) is 0 Å². The van der Waals surface area contributed by atoms with Gasteiger partial charge in [-0.1, -0.05) is 0 Å². The molecule has 158 valence electrons. The second kappa shape index (κ2) is 7.33. The molecule has 1 aromatic carbocycles. The van der Waals surface area contributed by atoms with E-state index in [0.29, 0.717) is 0 Å². The van der Waals surface area contributed by atoms with Gasteiger partial charge < -0.3 is 0 Å². The third-order valence-corrected chi connectivity index (χ3v) is 4.56. The third kappa shape index (κ3) is 3.91. The normalized spacial score (nSPS) is 14.5. The number of hydrogen-bond acceptors (Lipinski definition) is 0. The topological polar surface area (TPSA) is 0 Å². The van der Waals surface area contributed by atoms with Crippen LogP contribution in [0.25, 0.3) is 0 Å². The first kappa shape index (κ1) is 24.4. The second-order valence-corrected chi connectivity index (χ2v) is 6.94. The van der Waals surface area contributed by atoms with E-state index in [1.165, 1.54) is 35.2 Å². The molecule has 0 aliphatic carbocycles. The van der Waals surface area contributed by atoms with Gasteiger partial charge in [0, 0.05) is 0 Å². The van der Waals surface area contributed by atoms with Crippen molar-refractivity contribution in [2.75, 3.05) is 0 Å². The van der Waals surface area contributed by atoms with Crippen molar-refractivity contribution in [2.45, 2.75) is 34.7 Å². The average molecular weight is 499 g/mol. The van der Waals surface area contributed by atoms with E-state index in [1.54, 1.807) is 0 Å². The predicted molar refractivity (Wildman–Crippen MR) is 69.9 cm³/mol. The van der Waals surface area contributed by atoms with Crippen molar-refractivity contribution in [2.24, 2.45) is 0 Å². The van der Waals surface area contributed by atoms with Crippen molar-refractivity contribution in [3.63, 3.8) is 0 Å². The molecule has 0 amide bonds. The van der Waals surface area contributed by atoms with E-state index >= 15 is 0 Å². The summed E-state index contributed by atoms with van der Waals surface area (Å²) in [7, 11) is 0. The van der Waals surface area contributed by atoms with Crippen LogP contribution in [0, 0.1) is 10.7 Å². The molecule has 14 heteroatoms. The first-order valence-corrected chi connectivity index (χ1v) is 8.24. The molecule has 0 aliphatic heterocycles. The fraction of sp³-hybridized carbons (Fsp3) is 0.429. The van der Waals surface area contributed by atoms with E-state index in [2.05, 4.69) is 0 Å². The Morgan fingerprint density at radius 3 is 1.43 bits per heavy atom. The maximum atomic E-state index is 13.5. The Morgan fingerprint density at radius 2 is 1.00 bits per heavy atom. The summed E-state index contributed by atoms with van der Waals surface area (Å²) in [4.78, 5) is -4.78. The molecule has 0 N–H and O–H groups in total. The van der Waals surface area contributed by atoms with Crippen LogP contribution in [0.5, 0.6) is 0 Å². The van der Waals surface area contributed by atoms with E-state index in [9.17, 15) is 57.1 Å². The number of hydrogen-bond donors (Lipinski definition) is 0. The molecule has 0 radical (unpaired) electrons. The molecule has 28 heavy (non-hydrogen) atoms. The van der Waals surface area contributed by atoms with Crippen LogP contribution >= 0.6 is 0 Å². The van der Waals surface area contributed by atoms with Crippen molar-refractivity contribution in [1.29, 1.82) is 0 Å². The van der Waals surface area contributed by atoms with Crippen molar-refractivity contribution >= 4 is 15.0 Å². The molecule has 0 saturated heterocycles. The predicted octanol–water partition coefficient (Wildman–Crippen LogP) is 5.40. The molecule has 0 heterocycles. The Labute approximate surface area is 154 Å². The molecule has 0 unspecified atom stereocenters. The van der Waals surface area contributed by atoms with Gasteiger partial charge in [0.15, 0.2) is 0 Å². The van der Waals surface area contributed by atoms with Gasteiger partial charge in [-0.25, -0.2) is 0 Å². The van der Waals surface area contributed by atoms with E-state index in [0.717, 1.165) is 0 Å². The summed E-state index contributed by atoms with van der Waals surface area (Å²) >= 11 is -3.20. The van der Waals surface area contributed by atoms with Crippen LogP contribution in [0.1, 0.15) is 5.56 Å². The Morgan fingerprint density at radius 1 is 0.571 bits per heavy atom. The van der Waals surface area contributed by atoms with Crippen LogP contribution in [-0.2, 0) is 0 Å². The zero-order valence-electron chi connectivity index (χ0n) is 12.7. The van der Waals surface area contributed by atoms with Gasteiger partial charge in [0.25, 0.3) is 0 Å². The summed E-state index contributed by atoms with van der Waals surface area (Å²) in [5, 5.41) is 0. The monoisotopic (exact) mass is 500 g/mol. The summed E-state index contributed by atoms with van der Waals surface area (Å²) in [6.07, 6.45) is -7.41. The fourth-order valence-electron chi connectivity index (χ4n) is 1.49. The van der Waals surface area contributed by atoms with E-state index in [-0.39, 0.29) is 5.56 Å². The van der Waals surface area contributed by atoms with Crippen LogP contribution in [0.3, 0.4) is 0 Å². The molecule has 0 fully saturated rings. The van der Waals surface area contributed by atoms with Gasteiger partial charge in [-0.3, -0.25) is 0 Å². The molecule has 0 aromatic heterocycles. The van der Waals surface area contributed by atoms with Crippen molar-refractivity contribution < 1.29 is 57.1 Å². The molecule has 0 atom stereocenters. The zero-order valence-corrected chi connectivity index (χ0v) is 14.4. The van der Waals surface area contributed by atoms with E-state index < -0.39 is 49.6 Å². The Hall–Kier alpha value is -1.61. The first-order valence-electron chi connectivity index (χ1n) is 6.53. The number of rotatable bonds is 5. The second-order valence-electron chi connectivity index (χ2n) is 5.01. The standard InChI is InChI=1S/C14H5F13Se/c15-9(16,11(19,20)13(23,24)25)10(17,18)12(21,22)14(26,27)28-7-6-8-4-2-1-3-5-8/h1-5H. The summed E-state index contributed by atoms with van der Waals surface area (Å²) < 4.78 is 167. The fourth-order valence-corrected chi connectivity index (χ4v) is 2.65. The van der Waals surface area contributed by atoms with Crippen LogP contribution in [0.15, 0.2) is 30.3 Å². The number of alkyl halides is 13. The van der Waals surface area contributed by atoms with Gasteiger partial charge in [0.1, 0.15) is 0 Å². The molecule has 0 bridgehead atoms. The van der Waals surface area contributed by atoms with Gasteiger partial charge >= 0.3 is 153 Å². The molecule has 0 saturated carbocycles. The summed E-state index contributed by atoms with van der Waals surface area (Å²) in [6, 6.07) is 6.41. The molecule has 0 spiro atoms. The van der Waals surface area contributed by atoms with Crippen LogP contribution in [0.2, 0.25) is 0 Å². The van der Waals surface area contributed by atoms with Gasteiger partial charge in [-0.05, 0) is 0 Å². The Kier molecular flexibility index (Phi) is 6.40. The first-order chi connectivity index (χ1) is 12.3. The van der Waals surface area contributed by atoms with Gasteiger partial charge in [-0.2, -0.15) is 0 Å². The number of halogens is 13. The Balaban J connectivity index is 3.28. The van der Waals surface area contributed by atoms with Gasteiger partial charge in [-0.15, -0.1) is 0 Å². The minimum atomic E-state index is -7.88. The summed E-state index contributed by atoms with van der Waals surface area (Å²) in [5.74, 6) is -28.8. The SMILES string of the molecule is FC(F)(F)C(F)(F)C(F)(F)C(F)(F)C(F)(F)C(F)(F)[Se]C#Cc1ccccc1. The molecule has 1 aromatic rings. The van der Waals surface area contributed by atoms with Crippen molar-refractivity contribution in [1.82, 2.24) is 0 Å². The Bertz CT molecular complexity index is 740. The molecule has 0 nitrogen and oxygen atoms in total. The van der Waals surface area contributed by atoms with E-state index in [1.807, 2.05) is 5.92 Å². The minimum absolute atomic E-state index is 0.0656. The van der Waals surface area contributed by atoms with Gasteiger partial charge in [0.2, 0.25) is 0 Å². The maximum absolute atomic E-state index is 13.5. The quantitative estimate of drug-likeness (QED) is 0.290. The van der Waals surface area contributed by atoms with E-state index in [4.69, 9.17) is 0 Å². The molecular weight excluding hydrogens is 494 g/mol. The molecular formula is C14H5F13Se. The number of benzene rings is 1. The average Bonchev–Trinajstić information content (AvgIpc) is 2.53. The van der Waals surface area contributed by atoms with Crippen LogP contribution in [0.4, 0.5) is 57.1 Å². The summed E-state index contributed by atoms with van der Waals surface area (Å²) in [5.41, 5.74) is -0.0656. The zero-order chi connectivity index (χ0) is 22.2.